The third-order valence-electron chi connectivity index (χ3n) is 2.48. The summed E-state index contributed by atoms with van der Waals surface area (Å²) in [6.45, 7) is 0.232. The minimum atomic E-state index is -0.529. The van der Waals surface area contributed by atoms with Gasteiger partial charge in [0.05, 0.1) is 9.50 Å². The summed E-state index contributed by atoms with van der Waals surface area (Å²) in [5.41, 5.74) is 6.14. The second kappa shape index (κ2) is 6.09. The average molecular weight is 365 g/mol. The van der Waals surface area contributed by atoms with E-state index < -0.39 is 5.82 Å². The molecule has 0 aliphatic heterocycles. The minimum absolute atomic E-state index is 0.0493. The first kappa shape index (κ1) is 14.6. The Balaban J connectivity index is 2.39. The van der Waals surface area contributed by atoms with E-state index in [0.29, 0.717) is 16.3 Å². The van der Waals surface area contributed by atoms with Crippen LogP contribution in [-0.4, -0.2) is 0 Å². The minimum Gasteiger partial charge on any atom is -0.453 e. The lowest BCUT2D eigenvalue weighted by Crippen LogP contribution is -2.00. The van der Waals surface area contributed by atoms with Gasteiger partial charge >= 0.3 is 0 Å². The summed E-state index contributed by atoms with van der Waals surface area (Å²) >= 11 is 15.0. The Bertz CT molecular complexity index is 622. The first-order valence-corrected chi connectivity index (χ1v) is 6.88. The average Bonchev–Trinajstić information content (AvgIpc) is 2.40. The van der Waals surface area contributed by atoms with Crippen molar-refractivity contribution in [2.75, 3.05) is 0 Å². The Labute approximate surface area is 128 Å². The summed E-state index contributed by atoms with van der Waals surface area (Å²) in [5.74, 6) is -0.187. The molecule has 100 valence electrons. The van der Waals surface area contributed by atoms with E-state index in [1.54, 1.807) is 24.3 Å². The fraction of sp³-hybridized carbons (Fsp3) is 0.0769. The van der Waals surface area contributed by atoms with Crippen molar-refractivity contribution >= 4 is 39.1 Å². The Kier molecular flexibility index (Phi) is 4.68. The van der Waals surface area contributed by atoms with Gasteiger partial charge in [0.2, 0.25) is 0 Å². The number of rotatable bonds is 3. The summed E-state index contributed by atoms with van der Waals surface area (Å²) in [6, 6.07) is 8.09. The van der Waals surface area contributed by atoms with Crippen molar-refractivity contribution in [3.8, 4) is 11.5 Å². The Hall–Kier alpha value is -0.810. The Morgan fingerprint density at radius 2 is 1.89 bits per heavy atom. The number of benzene rings is 2. The zero-order valence-corrected chi connectivity index (χ0v) is 12.7. The quantitative estimate of drug-likeness (QED) is 0.817. The predicted molar refractivity (Wildman–Crippen MR) is 78.5 cm³/mol. The van der Waals surface area contributed by atoms with Crippen LogP contribution in [0.1, 0.15) is 5.56 Å². The fourth-order valence-corrected chi connectivity index (χ4v) is 2.31. The zero-order valence-electron chi connectivity index (χ0n) is 9.59. The Morgan fingerprint density at radius 1 is 1.16 bits per heavy atom. The van der Waals surface area contributed by atoms with Crippen LogP contribution in [-0.2, 0) is 6.54 Å². The fourth-order valence-electron chi connectivity index (χ4n) is 1.49. The lowest BCUT2D eigenvalue weighted by atomic mass is 10.2. The molecule has 2 N–H and O–H groups in total. The predicted octanol–water partition coefficient (Wildman–Crippen LogP) is 5.15. The van der Waals surface area contributed by atoms with Crippen molar-refractivity contribution in [2.24, 2.45) is 5.73 Å². The van der Waals surface area contributed by atoms with E-state index in [1.807, 2.05) is 0 Å². The molecule has 0 saturated heterocycles. The van der Waals surface area contributed by atoms with Crippen LogP contribution in [0.5, 0.6) is 11.5 Å². The SMILES string of the molecule is NCc1ccc(Oc2cccc(Cl)c2Cl)c(F)c1Br. The van der Waals surface area contributed by atoms with Crippen LogP contribution in [0.4, 0.5) is 4.39 Å². The molecular formula is C13H9BrCl2FNO. The molecule has 0 bridgehead atoms. The van der Waals surface area contributed by atoms with Crippen LogP contribution < -0.4 is 10.5 Å². The summed E-state index contributed by atoms with van der Waals surface area (Å²) < 4.78 is 19.8. The van der Waals surface area contributed by atoms with E-state index in [-0.39, 0.29) is 21.8 Å². The number of halogens is 4. The van der Waals surface area contributed by atoms with Gasteiger partial charge in [-0.15, -0.1) is 0 Å². The molecule has 0 aliphatic carbocycles. The zero-order chi connectivity index (χ0) is 14.0. The van der Waals surface area contributed by atoms with Crippen LogP contribution in [0.15, 0.2) is 34.8 Å². The first-order chi connectivity index (χ1) is 9.04. The highest BCUT2D eigenvalue weighted by atomic mass is 79.9. The summed E-state index contributed by atoms with van der Waals surface area (Å²) in [7, 11) is 0. The van der Waals surface area contributed by atoms with Crippen molar-refractivity contribution in [3.05, 3.63) is 56.2 Å². The van der Waals surface area contributed by atoms with Crippen molar-refractivity contribution < 1.29 is 9.13 Å². The number of hydrogen-bond donors (Lipinski definition) is 1. The molecule has 0 radical (unpaired) electrons. The molecule has 0 amide bonds. The van der Waals surface area contributed by atoms with Gasteiger partial charge in [-0.1, -0.05) is 35.3 Å². The highest BCUT2D eigenvalue weighted by molar-refractivity contribution is 9.10. The topological polar surface area (TPSA) is 35.2 Å². The third-order valence-corrected chi connectivity index (χ3v) is 4.14. The van der Waals surface area contributed by atoms with Gasteiger partial charge in [-0.05, 0) is 39.7 Å². The normalized spacial score (nSPS) is 10.6. The lowest BCUT2D eigenvalue weighted by Gasteiger charge is -2.11. The molecular weight excluding hydrogens is 356 g/mol. The maximum Gasteiger partial charge on any atom is 0.180 e. The molecule has 2 nitrogen and oxygen atoms in total. The molecule has 2 aromatic rings. The summed E-state index contributed by atoms with van der Waals surface area (Å²) in [6.07, 6.45) is 0. The van der Waals surface area contributed by atoms with E-state index in [1.165, 1.54) is 6.07 Å². The molecule has 2 aromatic carbocycles. The van der Waals surface area contributed by atoms with Crippen LogP contribution in [0.25, 0.3) is 0 Å². The van der Waals surface area contributed by atoms with Crippen molar-refractivity contribution in [2.45, 2.75) is 6.54 Å². The molecule has 0 fully saturated rings. The smallest absolute Gasteiger partial charge is 0.180 e. The van der Waals surface area contributed by atoms with Crippen LogP contribution in [0.2, 0.25) is 10.0 Å². The standard InChI is InChI=1S/C13H9BrCl2FNO/c14-11-7(6-18)4-5-10(13(11)17)19-9-3-1-2-8(15)12(9)16/h1-5H,6,18H2. The number of hydrogen-bond acceptors (Lipinski definition) is 2. The van der Waals surface area contributed by atoms with E-state index in [9.17, 15) is 4.39 Å². The molecule has 0 aromatic heterocycles. The maximum absolute atomic E-state index is 14.1. The summed E-state index contributed by atoms with van der Waals surface area (Å²) in [5, 5.41) is 0.583. The first-order valence-electron chi connectivity index (χ1n) is 5.33. The van der Waals surface area contributed by atoms with Crippen LogP contribution in [0.3, 0.4) is 0 Å². The third kappa shape index (κ3) is 3.03. The molecule has 19 heavy (non-hydrogen) atoms. The molecule has 0 aliphatic rings. The molecule has 0 unspecified atom stereocenters. The highest BCUT2D eigenvalue weighted by Crippen LogP contribution is 2.37. The van der Waals surface area contributed by atoms with Gasteiger partial charge in [0, 0.05) is 6.54 Å². The van der Waals surface area contributed by atoms with Crippen molar-refractivity contribution in [1.29, 1.82) is 0 Å². The molecule has 0 heterocycles. The molecule has 2 rings (SSSR count). The second-order valence-electron chi connectivity index (χ2n) is 3.71. The number of ether oxygens (including phenoxy) is 1. The summed E-state index contributed by atoms with van der Waals surface area (Å²) in [4.78, 5) is 0. The van der Waals surface area contributed by atoms with Gasteiger partial charge in [0.15, 0.2) is 11.6 Å². The van der Waals surface area contributed by atoms with E-state index in [4.69, 9.17) is 33.7 Å². The van der Waals surface area contributed by atoms with Crippen molar-refractivity contribution in [3.63, 3.8) is 0 Å². The largest absolute Gasteiger partial charge is 0.453 e. The van der Waals surface area contributed by atoms with E-state index in [0.717, 1.165) is 0 Å². The van der Waals surface area contributed by atoms with Gasteiger partial charge in [0.1, 0.15) is 10.8 Å². The van der Waals surface area contributed by atoms with E-state index >= 15 is 0 Å². The van der Waals surface area contributed by atoms with Gasteiger partial charge in [0.25, 0.3) is 0 Å². The van der Waals surface area contributed by atoms with Gasteiger partial charge < -0.3 is 10.5 Å². The lowest BCUT2D eigenvalue weighted by molar-refractivity contribution is 0.440. The molecule has 0 saturated carbocycles. The molecule has 6 heteroatoms. The monoisotopic (exact) mass is 363 g/mol. The maximum atomic E-state index is 14.1. The van der Waals surface area contributed by atoms with Gasteiger partial charge in [-0.25, -0.2) is 4.39 Å². The van der Waals surface area contributed by atoms with Gasteiger partial charge in [-0.2, -0.15) is 0 Å². The molecule has 0 spiro atoms. The van der Waals surface area contributed by atoms with Crippen molar-refractivity contribution in [1.82, 2.24) is 0 Å². The second-order valence-corrected chi connectivity index (χ2v) is 5.29. The Morgan fingerprint density at radius 3 is 2.58 bits per heavy atom. The molecule has 0 atom stereocenters. The highest BCUT2D eigenvalue weighted by Gasteiger charge is 2.14. The number of nitrogens with two attached hydrogens (primary N) is 1. The van der Waals surface area contributed by atoms with Gasteiger partial charge in [-0.3, -0.25) is 0 Å². The van der Waals surface area contributed by atoms with E-state index in [2.05, 4.69) is 15.9 Å². The van der Waals surface area contributed by atoms with Crippen LogP contribution in [0, 0.1) is 5.82 Å². The van der Waals surface area contributed by atoms with Crippen LogP contribution >= 0.6 is 39.1 Å².